The van der Waals surface area contributed by atoms with Gasteiger partial charge in [0.25, 0.3) is 10.0 Å². The largest absolute Gasteiger partial charge is 0.265 e. The van der Waals surface area contributed by atoms with E-state index in [-0.39, 0.29) is 10.8 Å². The molecule has 0 aliphatic heterocycles. The fourth-order valence-corrected chi connectivity index (χ4v) is 5.21. The van der Waals surface area contributed by atoms with Crippen LogP contribution in [0.1, 0.15) is 5.56 Å². The lowest BCUT2D eigenvalue weighted by Crippen LogP contribution is -2.25. The highest BCUT2D eigenvalue weighted by molar-refractivity contribution is 9.11. The Bertz CT molecular complexity index is 654. The molecule has 0 aliphatic rings. The molecule has 2 heterocycles. The van der Waals surface area contributed by atoms with Crippen molar-refractivity contribution in [1.82, 2.24) is 9.29 Å². The third-order valence-corrected chi connectivity index (χ3v) is 7.17. The van der Waals surface area contributed by atoms with Crippen LogP contribution < -0.4 is 0 Å². The van der Waals surface area contributed by atoms with Gasteiger partial charge in [0.05, 0.1) is 8.81 Å². The molecule has 0 amide bonds. The van der Waals surface area contributed by atoms with Gasteiger partial charge >= 0.3 is 0 Å². The van der Waals surface area contributed by atoms with Crippen LogP contribution in [-0.4, -0.2) is 24.8 Å². The van der Waals surface area contributed by atoms with Crippen molar-refractivity contribution in [3.63, 3.8) is 0 Å². The summed E-state index contributed by atoms with van der Waals surface area (Å²) in [7, 11) is -1.98. The second-order valence-electron chi connectivity index (χ2n) is 3.80. The van der Waals surface area contributed by atoms with E-state index in [1.165, 1.54) is 17.4 Å². The molecular weight excluding hydrogens is 372 g/mol. The zero-order valence-electron chi connectivity index (χ0n) is 9.88. The summed E-state index contributed by atoms with van der Waals surface area (Å²) in [5.74, 6) is 0. The van der Waals surface area contributed by atoms with Crippen molar-refractivity contribution in [1.29, 1.82) is 0 Å². The Morgan fingerprint density at radius 1 is 1.42 bits per heavy atom. The van der Waals surface area contributed by atoms with E-state index in [4.69, 9.17) is 11.6 Å². The summed E-state index contributed by atoms with van der Waals surface area (Å²) in [4.78, 5) is 3.90. The minimum absolute atomic E-state index is 0.223. The predicted octanol–water partition coefficient (Wildman–Crippen LogP) is 3.38. The van der Waals surface area contributed by atoms with Crippen LogP contribution in [0.15, 0.2) is 38.6 Å². The van der Waals surface area contributed by atoms with E-state index in [1.807, 2.05) is 0 Å². The number of hydrogen-bond donors (Lipinski definition) is 0. The fraction of sp³-hybridized carbons (Fsp3) is 0.182. The number of nitrogens with zero attached hydrogens (tertiary/aromatic N) is 2. The van der Waals surface area contributed by atoms with Crippen molar-refractivity contribution in [2.75, 3.05) is 7.05 Å². The second-order valence-corrected chi connectivity index (χ2v) is 8.85. The highest BCUT2D eigenvalue weighted by atomic mass is 79.9. The zero-order valence-corrected chi connectivity index (χ0v) is 13.9. The summed E-state index contributed by atoms with van der Waals surface area (Å²) in [6, 6.07) is 5.02. The zero-order chi connectivity index (χ0) is 14.0. The van der Waals surface area contributed by atoms with Crippen LogP contribution >= 0.6 is 38.9 Å². The van der Waals surface area contributed by atoms with Gasteiger partial charge in [-0.1, -0.05) is 11.6 Å². The van der Waals surface area contributed by atoms with Crippen molar-refractivity contribution in [2.45, 2.75) is 10.8 Å². The molecule has 2 aromatic heterocycles. The van der Waals surface area contributed by atoms with Gasteiger partial charge in [0.15, 0.2) is 0 Å². The molecule has 0 fully saturated rings. The quantitative estimate of drug-likeness (QED) is 0.816. The van der Waals surface area contributed by atoms with Gasteiger partial charge in [-0.15, -0.1) is 11.3 Å². The number of aromatic nitrogens is 1. The Morgan fingerprint density at radius 2 is 2.05 bits per heavy atom. The van der Waals surface area contributed by atoms with E-state index in [9.17, 15) is 8.42 Å². The molecule has 19 heavy (non-hydrogen) atoms. The molecule has 0 atom stereocenters. The number of halogens is 2. The van der Waals surface area contributed by atoms with Gasteiger partial charge < -0.3 is 0 Å². The normalized spacial score (nSPS) is 12.0. The van der Waals surface area contributed by atoms with Crippen LogP contribution in [-0.2, 0) is 16.6 Å². The molecule has 102 valence electrons. The van der Waals surface area contributed by atoms with Crippen molar-refractivity contribution in [2.24, 2.45) is 0 Å². The molecule has 2 rings (SSSR count). The molecule has 0 aliphatic carbocycles. The van der Waals surface area contributed by atoms with Gasteiger partial charge in [-0.25, -0.2) is 8.42 Å². The molecule has 0 spiro atoms. The Balaban J connectivity index is 2.25. The lowest BCUT2D eigenvalue weighted by molar-refractivity contribution is 0.468. The van der Waals surface area contributed by atoms with Crippen molar-refractivity contribution >= 4 is 48.9 Å². The van der Waals surface area contributed by atoms with Crippen LogP contribution in [0.3, 0.4) is 0 Å². The fourth-order valence-electron chi connectivity index (χ4n) is 1.44. The summed E-state index contributed by atoms with van der Waals surface area (Å²) < 4.78 is 26.8. The van der Waals surface area contributed by atoms with Crippen molar-refractivity contribution in [3.8, 4) is 0 Å². The van der Waals surface area contributed by atoms with Crippen LogP contribution in [0.25, 0.3) is 0 Å². The summed E-state index contributed by atoms with van der Waals surface area (Å²) in [6.07, 6.45) is 3.27. The number of sulfonamides is 1. The third kappa shape index (κ3) is 3.35. The Morgan fingerprint density at radius 3 is 2.58 bits per heavy atom. The SMILES string of the molecule is CN(Cc1ccncc1)S(=O)(=O)c1cc(Cl)c(Br)s1. The van der Waals surface area contributed by atoms with Crippen LogP contribution in [0.2, 0.25) is 5.02 Å². The molecule has 0 saturated carbocycles. The van der Waals surface area contributed by atoms with E-state index >= 15 is 0 Å². The average Bonchev–Trinajstić information content (AvgIpc) is 2.71. The number of hydrogen-bond acceptors (Lipinski definition) is 4. The maximum atomic E-state index is 12.3. The Hall–Kier alpha value is -0.470. The lowest BCUT2D eigenvalue weighted by Gasteiger charge is -2.15. The van der Waals surface area contributed by atoms with Gasteiger partial charge in [-0.05, 0) is 39.7 Å². The average molecular weight is 382 g/mol. The molecule has 0 saturated heterocycles. The second kappa shape index (κ2) is 5.88. The molecule has 0 unspecified atom stereocenters. The molecular formula is C11H10BrClN2O2S2. The topological polar surface area (TPSA) is 50.3 Å². The Kier molecular flexibility index (Phi) is 4.62. The molecule has 8 heteroatoms. The van der Waals surface area contributed by atoms with Crippen molar-refractivity contribution < 1.29 is 8.42 Å². The van der Waals surface area contributed by atoms with Crippen molar-refractivity contribution in [3.05, 3.63) is 45.0 Å². The van der Waals surface area contributed by atoms with E-state index in [2.05, 4.69) is 20.9 Å². The van der Waals surface area contributed by atoms with Crippen LogP contribution in [0, 0.1) is 0 Å². The maximum absolute atomic E-state index is 12.3. The van der Waals surface area contributed by atoms with Crippen LogP contribution in [0.5, 0.6) is 0 Å². The first-order chi connectivity index (χ1) is 8.91. The van der Waals surface area contributed by atoms with Gasteiger partial charge in [-0.3, -0.25) is 4.98 Å². The predicted molar refractivity (Wildman–Crippen MR) is 79.9 cm³/mol. The molecule has 0 aromatic carbocycles. The van der Waals surface area contributed by atoms with E-state index in [1.54, 1.807) is 24.5 Å². The number of pyridine rings is 1. The van der Waals surface area contributed by atoms with Gasteiger partial charge in [-0.2, -0.15) is 4.31 Å². The minimum Gasteiger partial charge on any atom is -0.265 e. The smallest absolute Gasteiger partial charge is 0.252 e. The number of rotatable bonds is 4. The maximum Gasteiger partial charge on any atom is 0.252 e. The first-order valence-corrected chi connectivity index (χ1v) is 8.64. The number of thiophene rings is 1. The summed E-state index contributed by atoms with van der Waals surface area (Å²) >= 11 is 10.2. The van der Waals surface area contributed by atoms with E-state index in [0.717, 1.165) is 16.9 Å². The van der Waals surface area contributed by atoms with E-state index in [0.29, 0.717) is 8.81 Å². The highest BCUT2D eigenvalue weighted by Gasteiger charge is 2.24. The minimum atomic E-state index is -3.52. The molecule has 0 radical (unpaired) electrons. The third-order valence-electron chi connectivity index (χ3n) is 2.44. The lowest BCUT2D eigenvalue weighted by atomic mass is 10.3. The highest BCUT2D eigenvalue weighted by Crippen LogP contribution is 2.35. The van der Waals surface area contributed by atoms with Gasteiger partial charge in [0.1, 0.15) is 4.21 Å². The molecule has 4 nitrogen and oxygen atoms in total. The monoisotopic (exact) mass is 380 g/mol. The molecule has 0 N–H and O–H groups in total. The standard InChI is InChI=1S/C11H10BrClN2O2S2/c1-15(7-8-2-4-14-5-3-8)19(16,17)10-6-9(13)11(12)18-10/h2-6H,7H2,1H3. The first kappa shape index (κ1) is 14.9. The van der Waals surface area contributed by atoms with Crippen LogP contribution in [0.4, 0.5) is 0 Å². The molecule has 0 bridgehead atoms. The first-order valence-electron chi connectivity index (χ1n) is 5.21. The Labute approximate surface area is 129 Å². The summed E-state index contributed by atoms with van der Waals surface area (Å²) in [6.45, 7) is 0.290. The molecule has 2 aromatic rings. The summed E-state index contributed by atoms with van der Waals surface area (Å²) in [5.41, 5.74) is 0.878. The van der Waals surface area contributed by atoms with Gasteiger partial charge in [0, 0.05) is 26.0 Å². The van der Waals surface area contributed by atoms with E-state index < -0.39 is 10.0 Å². The summed E-state index contributed by atoms with van der Waals surface area (Å²) in [5, 5.41) is 0.404. The van der Waals surface area contributed by atoms with Gasteiger partial charge in [0.2, 0.25) is 0 Å².